The Balaban J connectivity index is 1.82. The van der Waals surface area contributed by atoms with Gasteiger partial charge in [-0.2, -0.15) is 18.3 Å². The van der Waals surface area contributed by atoms with Crippen LogP contribution in [-0.2, 0) is 16.4 Å². The van der Waals surface area contributed by atoms with Gasteiger partial charge < -0.3 is 10.6 Å². The van der Waals surface area contributed by atoms with Crippen LogP contribution in [0.1, 0.15) is 75.4 Å². The summed E-state index contributed by atoms with van der Waals surface area (Å²) >= 11 is 6.50. The van der Waals surface area contributed by atoms with E-state index in [2.05, 4.69) is 20.7 Å². The molecule has 40 heavy (non-hydrogen) atoms. The van der Waals surface area contributed by atoms with Crippen LogP contribution < -0.4 is 10.6 Å². The summed E-state index contributed by atoms with van der Waals surface area (Å²) in [5, 5.41) is 8.98. The summed E-state index contributed by atoms with van der Waals surface area (Å²) in [6.45, 7) is 4.70. The molecule has 2 aromatic rings. The number of aryl methyl sites for hydroxylation is 1. The smallest absolute Gasteiger partial charge is 0.365 e. The van der Waals surface area contributed by atoms with E-state index >= 15 is 0 Å². The zero-order chi connectivity index (χ0) is 30.0. The third-order valence-electron chi connectivity index (χ3n) is 6.89. The van der Waals surface area contributed by atoms with Crippen molar-refractivity contribution in [2.45, 2.75) is 82.8 Å². The lowest BCUT2D eigenvalue weighted by atomic mass is 9.89. The van der Waals surface area contributed by atoms with Crippen LogP contribution in [0.4, 0.5) is 27.8 Å². The molecule has 1 aliphatic carbocycles. The lowest BCUT2D eigenvalue weighted by Crippen LogP contribution is -2.36. The van der Waals surface area contributed by atoms with E-state index in [1.807, 2.05) is 0 Å². The predicted molar refractivity (Wildman–Crippen MR) is 142 cm³/mol. The third kappa shape index (κ3) is 8.05. The zero-order valence-electron chi connectivity index (χ0n) is 22.6. The van der Waals surface area contributed by atoms with E-state index in [9.17, 15) is 35.2 Å². The number of anilines is 1. The Bertz CT molecular complexity index is 1320. The maximum Gasteiger partial charge on any atom is 0.391 e. The number of nitrogens with one attached hydrogen (secondary N) is 2. The van der Waals surface area contributed by atoms with Crippen LogP contribution in [0.25, 0.3) is 11.3 Å². The van der Waals surface area contributed by atoms with Gasteiger partial charge in [0.25, 0.3) is 12.3 Å². The topological polar surface area (TPSA) is 106 Å². The van der Waals surface area contributed by atoms with E-state index in [1.54, 1.807) is 6.92 Å². The number of carbonyl (C=O) groups excluding carboxylic acids is 1. The fourth-order valence-corrected chi connectivity index (χ4v) is 6.42. The summed E-state index contributed by atoms with van der Waals surface area (Å²) in [6, 6.07) is 0.966. The van der Waals surface area contributed by atoms with Gasteiger partial charge in [-0.3, -0.25) is 9.48 Å². The van der Waals surface area contributed by atoms with Crippen LogP contribution in [0, 0.1) is 5.92 Å². The second kappa shape index (κ2) is 12.2. The second-order valence-electron chi connectivity index (χ2n) is 10.8. The van der Waals surface area contributed by atoms with E-state index in [0.29, 0.717) is 25.7 Å². The van der Waals surface area contributed by atoms with Crippen molar-refractivity contribution in [2.24, 2.45) is 5.92 Å². The molecule has 15 heteroatoms. The van der Waals surface area contributed by atoms with Crippen molar-refractivity contribution in [3.63, 3.8) is 0 Å². The first-order chi connectivity index (χ1) is 18.4. The minimum absolute atomic E-state index is 0.0341. The first-order valence-electron chi connectivity index (χ1n) is 12.8. The molecule has 1 fully saturated rings. The van der Waals surface area contributed by atoms with Crippen LogP contribution in [0.3, 0.4) is 0 Å². The van der Waals surface area contributed by atoms with E-state index < -0.39 is 45.9 Å². The standard InChI is InChI=1S/C25H33ClF5N5O3S/c1-5-36-21(17-12-32-18(10-16(17)22(27)28)34-24(2,3)13-25(29,30)31)19(26)20(35-36)23(37)33-11-14-6-8-15(9-7-14)40(4,38)39/h10,12,14-15,22H,5-9,11,13H2,1-4H3,(H,32,34)(H,33,37). The van der Waals surface area contributed by atoms with Gasteiger partial charge in [0, 0.05) is 42.2 Å². The highest BCUT2D eigenvalue weighted by atomic mass is 35.5. The summed E-state index contributed by atoms with van der Waals surface area (Å²) in [4.78, 5) is 17.0. The highest BCUT2D eigenvalue weighted by molar-refractivity contribution is 7.91. The van der Waals surface area contributed by atoms with Crippen LogP contribution >= 0.6 is 11.6 Å². The molecule has 8 nitrogen and oxygen atoms in total. The number of aromatic nitrogens is 3. The maximum absolute atomic E-state index is 14.1. The largest absolute Gasteiger partial charge is 0.391 e. The van der Waals surface area contributed by atoms with E-state index in [1.165, 1.54) is 24.8 Å². The molecule has 0 bridgehead atoms. The number of halogens is 6. The number of rotatable bonds is 10. The van der Waals surface area contributed by atoms with Gasteiger partial charge in [0.05, 0.1) is 22.4 Å². The molecule has 2 heterocycles. The molecule has 224 valence electrons. The van der Waals surface area contributed by atoms with E-state index in [4.69, 9.17) is 11.6 Å². The highest BCUT2D eigenvalue weighted by Gasteiger charge is 2.37. The number of sulfone groups is 1. The number of carbonyl (C=O) groups is 1. The Morgan fingerprint density at radius 1 is 1.20 bits per heavy atom. The Hall–Kier alpha value is -2.48. The molecule has 0 atom stereocenters. The van der Waals surface area contributed by atoms with Crippen molar-refractivity contribution in [2.75, 3.05) is 18.1 Å². The molecule has 0 saturated heterocycles. The van der Waals surface area contributed by atoms with Crippen molar-refractivity contribution in [1.29, 1.82) is 0 Å². The number of nitrogens with zero attached hydrogens (tertiary/aromatic N) is 3. The van der Waals surface area contributed by atoms with Crippen molar-refractivity contribution in [3.05, 3.63) is 28.5 Å². The molecule has 1 amide bonds. The van der Waals surface area contributed by atoms with Crippen LogP contribution in [0.2, 0.25) is 5.02 Å². The summed E-state index contributed by atoms with van der Waals surface area (Å²) in [6.07, 6.45) is -4.14. The molecular formula is C25H33ClF5N5O3S. The van der Waals surface area contributed by atoms with Gasteiger partial charge in [0.15, 0.2) is 5.69 Å². The van der Waals surface area contributed by atoms with Crippen molar-refractivity contribution < 1.29 is 35.2 Å². The average Bonchev–Trinajstić information content (AvgIpc) is 3.16. The Morgan fingerprint density at radius 3 is 2.35 bits per heavy atom. The molecule has 1 aliphatic rings. The highest BCUT2D eigenvalue weighted by Crippen LogP contribution is 2.38. The lowest BCUT2D eigenvalue weighted by Gasteiger charge is -2.28. The molecule has 3 rings (SSSR count). The fourth-order valence-electron chi connectivity index (χ4n) is 4.97. The molecule has 0 unspecified atom stereocenters. The van der Waals surface area contributed by atoms with Gasteiger partial charge in [-0.05, 0) is 58.4 Å². The molecule has 0 aromatic carbocycles. The lowest BCUT2D eigenvalue weighted by molar-refractivity contribution is -0.142. The fraction of sp³-hybridized carbons (Fsp3) is 0.640. The zero-order valence-corrected chi connectivity index (χ0v) is 24.2. The number of alkyl halides is 5. The van der Waals surface area contributed by atoms with Crippen LogP contribution in [0.5, 0.6) is 0 Å². The summed E-state index contributed by atoms with van der Waals surface area (Å²) in [5.41, 5.74) is -2.29. The SMILES string of the molecule is CCn1nc(C(=O)NCC2CCC(S(C)(=O)=O)CC2)c(Cl)c1-c1cnc(NC(C)(C)CC(F)(F)F)cc1C(F)F. The number of hydrogen-bond acceptors (Lipinski definition) is 6. The first-order valence-corrected chi connectivity index (χ1v) is 15.1. The van der Waals surface area contributed by atoms with Gasteiger partial charge >= 0.3 is 6.18 Å². The monoisotopic (exact) mass is 613 g/mol. The molecule has 2 N–H and O–H groups in total. The number of hydrogen-bond donors (Lipinski definition) is 2. The first kappa shape index (κ1) is 32.0. The third-order valence-corrected chi connectivity index (χ3v) is 8.94. The minimum atomic E-state index is -4.48. The second-order valence-corrected chi connectivity index (χ2v) is 13.5. The normalized spacial score (nSPS) is 18.7. The molecule has 0 radical (unpaired) electrons. The van der Waals surface area contributed by atoms with Crippen molar-refractivity contribution in [1.82, 2.24) is 20.1 Å². The van der Waals surface area contributed by atoms with E-state index in [-0.39, 0.29) is 52.0 Å². The number of amides is 1. The Kier molecular flexibility index (Phi) is 9.75. The summed E-state index contributed by atoms with van der Waals surface area (Å²) in [7, 11) is -3.11. The van der Waals surface area contributed by atoms with Gasteiger partial charge in [-0.1, -0.05) is 11.6 Å². The molecular weight excluding hydrogens is 581 g/mol. The minimum Gasteiger partial charge on any atom is -0.365 e. The van der Waals surface area contributed by atoms with Crippen LogP contribution in [-0.4, -0.2) is 58.9 Å². The quantitative estimate of drug-likeness (QED) is 0.317. The maximum atomic E-state index is 14.1. The summed E-state index contributed by atoms with van der Waals surface area (Å²) < 4.78 is 91.8. The van der Waals surface area contributed by atoms with Gasteiger partial charge in [0.2, 0.25) is 0 Å². The van der Waals surface area contributed by atoms with Crippen molar-refractivity contribution in [3.8, 4) is 11.3 Å². The molecule has 2 aromatic heterocycles. The average molecular weight is 614 g/mol. The van der Waals surface area contributed by atoms with Crippen molar-refractivity contribution >= 4 is 33.2 Å². The predicted octanol–water partition coefficient (Wildman–Crippen LogP) is 6.03. The Morgan fingerprint density at radius 2 is 1.82 bits per heavy atom. The summed E-state index contributed by atoms with van der Waals surface area (Å²) in [5.74, 6) is -0.706. The number of pyridine rings is 1. The molecule has 0 spiro atoms. The van der Waals surface area contributed by atoms with Gasteiger partial charge in [-0.15, -0.1) is 0 Å². The van der Waals surface area contributed by atoms with E-state index in [0.717, 1.165) is 12.3 Å². The van der Waals surface area contributed by atoms with Crippen LogP contribution in [0.15, 0.2) is 12.3 Å². The Labute approximate surface area is 235 Å². The van der Waals surface area contributed by atoms with Gasteiger partial charge in [-0.25, -0.2) is 22.2 Å². The molecule has 1 saturated carbocycles. The van der Waals surface area contributed by atoms with Gasteiger partial charge in [0.1, 0.15) is 15.7 Å². The molecule has 0 aliphatic heterocycles.